The van der Waals surface area contributed by atoms with Gasteiger partial charge in [-0.3, -0.25) is 0 Å². The SMILES string of the molecule is C=COCCOCC(O)CNC(CC)CO. The maximum absolute atomic E-state index is 9.52. The predicted octanol–water partition coefficient (Wildman–Crippen LogP) is -0.116. The molecule has 96 valence electrons. The standard InChI is InChI=1S/C11H23NO4/c1-3-10(8-13)12-7-11(14)9-16-6-5-15-4-2/h4,10-14H,2-3,5-9H2,1H3. The summed E-state index contributed by atoms with van der Waals surface area (Å²) in [5.41, 5.74) is 0. The maximum atomic E-state index is 9.52. The van der Waals surface area contributed by atoms with Crippen LogP contribution in [-0.2, 0) is 9.47 Å². The molecule has 0 saturated heterocycles. The minimum atomic E-state index is -0.565. The number of nitrogens with one attached hydrogen (secondary N) is 1. The Morgan fingerprint density at radius 1 is 1.44 bits per heavy atom. The average Bonchev–Trinajstić information content (AvgIpc) is 2.30. The first-order valence-corrected chi connectivity index (χ1v) is 5.57. The monoisotopic (exact) mass is 233 g/mol. The molecule has 0 rings (SSSR count). The van der Waals surface area contributed by atoms with Crippen LogP contribution < -0.4 is 5.32 Å². The molecule has 16 heavy (non-hydrogen) atoms. The molecule has 0 bridgehead atoms. The molecule has 0 saturated carbocycles. The fourth-order valence-corrected chi connectivity index (χ4v) is 1.11. The van der Waals surface area contributed by atoms with Crippen LogP contribution in [0.3, 0.4) is 0 Å². The second-order valence-corrected chi connectivity index (χ2v) is 3.46. The zero-order valence-corrected chi connectivity index (χ0v) is 9.89. The van der Waals surface area contributed by atoms with Gasteiger partial charge < -0.3 is 25.0 Å². The highest BCUT2D eigenvalue weighted by Gasteiger charge is 2.08. The Labute approximate surface area is 97.1 Å². The Morgan fingerprint density at radius 3 is 2.75 bits per heavy atom. The topological polar surface area (TPSA) is 71.0 Å². The number of aliphatic hydroxyl groups is 2. The molecule has 0 aliphatic rings. The summed E-state index contributed by atoms with van der Waals surface area (Å²) in [4.78, 5) is 0. The third-order valence-electron chi connectivity index (χ3n) is 2.13. The van der Waals surface area contributed by atoms with Crippen molar-refractivity contribution in [3.8, 4) is 0 Å². The molecule has 0 heterocycles. The average molecular weight is 233 g/mol. The molecule has 0 aromatic rings. The molecule has 0 aliphatic heterocycles. The summed E-state index contributed by atoms with van der Waals surface area (Å²) >= 11 is 0. The Kier molecular flexibility index (Phi) is 10.5. The Morgan fingerprint density at radius 2 is 2.19 bits per heavy atom. The first-order valence-electron chi connectivity index (χ1n) is 5.57. The molecule has 0 radical (unpaired) electrons. The van der Waals surface area contributed by atoms with Crippen molar-refractivity contribution >= 4 is 0 Å². The van der Waals surface area contributed by atoms with E-state index in [4.69, 9.17) is 14.6 Å². The molecular weight excluding hydrogens is 210 g/mol. The highest BCUT2D eigenvalue weighted by atomic mass is 16.5. The van der Waals surface area contributed by atoms with E-state index in [0.29, 0.717) is 19.8 Å². The van der Waals surface area contributed by atoms with E-state index in [-0.39, 0.29) is 19.3 Å². The van der Waals surface area contributed by atoms with Gasteiger partial charge in [-0.1, -0.05) is 13.5 Å². The third-order valence-corrected chi connectivity index (χ3v) is 2.13. The van der Waals surface area contributed by atoms with Gasteiger partial charge >= 0.3 is 0 Å². The molecule has 2 atom stereocenters. The lowest BCUT2D eigenvalue weighted by Gasteiger charge is -2.17. The molecule has 0 aromatic carbocycles. The fraction of sp³-hybridized carbons (Fsp3) is 0.818. The molecule has 0 aromatic heterocycles. The van der Waals surface area contributed by atoms with Crippen molar-refractivity contribution in [3.63, 3.8) is 0 Å². The largest absolute Gasteiger partial charge is 0.499 e. The van der Waals surface area contributed by atoms with Crippen LogP contribution in [0.1, 0.15) is 13.3 Å². The van der Waals surface area contributed by atoms with Crippen LogP contribution in [0.15, 0.2) is 12.8 Å². The predicted molar refractivity (Wildman–Crippen MR) is 62.1 cm³/mol. The minimum Gasteiger partial charge on any atom is -0.499 e. The smallest absolute Gasteiger partial charge is 0.111 e. The van der Waals surface area contributed by atoms with Crippen molar-refractivity contribution < 1.29 is 19.7 Å². The van der Waals surface area contributed by atoms with E-state index in [9.17, 15) is 5.11 Å². The highest BCUT2D eigenvalue weighted by Crippen LogP contribution is 1.91. The number of aliphatic hydroxyl groups excluding tert-OH is 2. The van der Waals surface area contributed by atoms with Crippen molar-refractivity contribution in [2.45, 2.75) is 25.5 Å². The van der Waals surface area contributed by atoms with Crippen molar-refractivity contribution in [2.75, 3.05) is 33.0 Å². The van der Waals surface area contributed by atoms with E-state index >= 15 is 0 Å². The highest BCUT2D eigenvalue weighted by molar-refractivity contribution is 4.66. The number of hydrogen-bond donors (Lipinski definition) is 3. The van der Waals surface area contributed by atoms with Gasteiger partial charge in [-0.2, -0.15) is 0 Å². The van der Waals surface area contributed by atoms with E-state index in [1.165, 1.54) is 6.26 Å². The van der Waals surface area contributed by atoms with Crippen molar-refractivity contribution in [3.05, 3.63) is 12.8 Å². The van der Waals surface area contributed by atoms with Gasteiger partial charge in [-0.25, -0.2) is 0 Å². The zero-order chi connectivity index (χ0) is 12.2. The summed E-state index contributed by atoms with van der Waals surface area (Å²) in [5, 5.41) is 21.5. The van der Waals surface area contributed by atoms with Gasteiger partial charge in [0, 0.05) is 12.6 Å². The molecule has 3 N–H and O–H groups in total. The second kappa shape index (κ2) is 10.9. The molecule has 0 fully saturated rings. The lowest BCUT2D eigenvalue weighted by Crippen LogP contribution is -2.39. The van der Waals surface area contributed by atoms with Gasteiger partial charge in [0.2, 0.25) is 0 Å². The minimum absolute atomic E-state index is 0.0405. The number of ether oxygens (including phenoxy) is 2. The van der Waals surface area contributed by atoms with Crippen LogP contribution in [0.4, 0.5) is 0 Å². The summed E-state index contributed by atoms with van der Waals surface area (Å²) in [7, 11) is 0. The lowest BCUT2D eigenvalue weighted by molar-refractivity contribution is 0.0176. The fourth-order valence-electron chi connectivity index (χ4n) is 1.11. The summed E-state index contributed by atoms with van der Waals surface area (Å²) in [6, 6.07) is 0.0405. The zero-order valence-electron chi connectivity index (χ0n) is 9.89. The molecule has 0 amide bonds. The van der Waals surface area contributed by atoms with E-state index in [1.807, 2.05) is 6.92 Å². The number of hydrogen-bond acceptors (Lipinski definition) is 5. The summed E-state index contributed by atoms with van der Waals surface area (Å²) in [6.07, 6.45) is 1.62. The van der Waals surface area contributed by atoms with Gasteiger partial charge in [-0.05, 0) is 6.42 Å². The third kappa shape index (κ3) is 8.67. The second-order valence-electron chi connectivity index (χ2n) is 3.46. The lowest BCUT2D eigenvalue weighted by atomic mass is 10.2. The van der Waals surface area contributed by atoms with Gasteiger partial charge in [0.05, 0.1) is 32.2 Å². The first kappa shape index (κ1) is 15.4. The maximum Gasteiger partial charge on any atom is 0.111 e. The molecule has 2 unspecified atom stereocenters. The molecule has 0 spiro atoms. The molecule has 5 nitrogen and oxygen atoms in total. The quantitative estimate of drug-likeness (QED) is 0.343. The normalized spacial score (nSPS) is 14.4. The number of rotatable bonds is 11. The van der Waals surface area contributed by atoms with Crippen LogP contribution in [0.5, 0.6) is 0 Å². The van der Waals surface area contributed by atoms with E-state index in [1.54, 1.807) is 0 Å². The Hall–Kier alpha value is -0.620. The van der Waals surface area contributed by atoms with Gasteiger partial charge in [0.25, 0.3) is 0 Å². The van der Waals surface area contributed by atoms with Crippen LogP contribution in [0.2, 0.25) is 0 Å². The molecule has 0 aliphatic carbocycles. The van der Waals surface area contributed by atoms with E-state index in [0.717, 1.165) is 6.42 Å². The van der Waals surface area contributed by atoms with Crippen LogP contribution in [0, 0.1) is 0 Å². The van der Waals surface area contributed by atoms with E-state index < -0.39 is 6.10 Å². The van der Waals surface area contributed by atoms with Crippen LogP contribution >= 0.6 is 0 Å². The van der Waals surface area contributed by atoms with Crippen molar-refractivity contribution in [1.82, 2.24) is 5.32 Å². The van der Waals surface area contributed by atoms with Crippen LogP contribution in [0.25, 0.3) is 0 Å². The van der Waals surface area contributed by atoms with E-state index in [2.05, 4.69) is 11.9 Å². The Bertz CT molecular complexity index is 162. The van der Waals surface area contributed by atoms with Crippen molar-refractivity contribution in [1.29, 1.82) is 0 Å². The van der Waals surface area contributed by atoms with Crippen LogP contribution in [-0.4, -0.2) is 55.3 Å². The first-order chi connectivity index (χ1) is 7.74. The summed E-state index contributed by atoms with van der Waals surface area (Å²) < 4.78 is 10.0. The van der Waals surface area contributed by atoms with Crippen molar-refractivity contribution in [2.24, 2.45) is 0 Å². The van der Waals surface area contributed by atoms with Gasteiger partial charge in [0.15, 0.2) is 0 Å². The summed E-state index contributed by atoms with van der Waals surface area (Å²) in [6.45, 7) is 7.01. The van der Waals surface area contributed by atoms with Gasteiger partial charge in [0.1, 0.15) is 6.61 Å². The molecule has 5 heteroatoms. The van der Waals surface area contributed by atoms with Gasteiger partial charge in [-0.15, -0.1) is 0 Å². The Balaban J connectivity index is 3.36. The molecular formula is C11H23NO4. The summed E-state index contributed by atoms with van der Waals surface area (Å²) in [5.74, 6) is 0.